The fourth-order valence-corrected chi connectivity index (χ4v) is 3.87. The van der Waals surface area contributed by atoms with Gasteiger partial charge in [-0.2, -0.15) is 4.98 Å². The molecule has 0 aliphatic carbocycles. The lowest BCUT2D eigenvalue weighted by atomic mass is 9.97. The SMILES string of the molecule is Cc1cc(C(=O)N2CCC[C@H](c3ncc(Cc4cccc(Cl)c4)o3)C2)nc(=O)[nH]1. The molecule has 7 nitrogen and oxygen atoms in total. The first-order valence-electron chi connectivity index (χ1n) is 9.54. The highest BCUT2D eigenvalue weighted by Crippen LogP contribution is 2.28. The van der Waals surface area contributed by atoms with Gasteiger partial charge in [-0.25, -0.2) is 9.78 Å². The van der Waals surface area contributed by atoms with Gasteiger partial charge in [0.25, 0.3) is 5.91 Å². The van der Waals surface area contributed by atoms with Gasteiger partial charge in [0.15, 0.2) is 5.89 Å². The highest BCUT2D eigenvalue weighted by molar-refractivity contribution is 6.30. The van der Waals surface area contributed by atoms with Gasteiger partial charge in [0.2, 0.25) is 0 Å². The van der Waals surface area contributed by atoms with Crippen LogP contribution in [0.15, 0.2) is 45.7 Å². The highest BCUT2D eigenvalue weighted by atomic mass is 35.5. The minimum Gasteiger partial charge on any atom is -0.445 e. The zero-order valence-electron chi connectivity index (χ0n) is 16.0. The number of hydrogen-bond acceptors (Lipinski definition) is 5. The number of piperidine rings is 1. The lowest BCUT2D eigenvalue weighted by Crippen LogP contribution is -2.40. The number of carbonyl (C=O) groups is 1. The van der Waals surface area contributed by atoms with Crippen LogP contribution in [0.1, 0.15) is 52.2 Å². The summed E-state index contributed by atoms with van der Waals surface area (Å²) in [6.07, 6.45) is 4.07. The molecule has 1 saturated heterocycles. The summed E-state index contributed by atoms with van der Waals surface area (Å²) in [6, 6.07) is 9.24. The lowest BCUT2D eigenvalue weighted by molar-refractivity contribution is 0.0691. The molecule has 1 N–H and O–H groups in total. The van der Waals surface area contributed by atoms with Gasteiger partial charge in [-0.3, -0.25) is 4.79 Å². The van der Waals surface area contributed by atoms with Crippen LogP contribution >= 0.6 is 11.6 Å². The molecule has 2 aromatic heterocycles. The molecule has 4 rings (SSSR count). The van der Waals surface area contributed by atoms with Crippen molar-refractivity contribution >= 4 is 17.5 Å². The number of carbonyl (C=O) groups excluding carboxylic acids is 1. The molecular formula is C21H21ClN4O3. The first-order valence-corrected chi connectivity index (χ1v) is 9.92. The van der Waals surface area contributed by atoms with Crippen LogP contribution in [-0.2, 0) is 6.42 Å². The van der Waals surface area contributed by atoms with E-state index in [0.717, 1.165) is 24.2 Å². The molecule has 0 unspecified atom stereocenters. The largest absolute Gasteiger partial charge is 0.445 e. The smallest absolute Gasteiger partial charge is 0.345 e. The lowest BCUT2D eigenvalue weighted by Gasteiger charge is -2.31. The topological polar surface area (TPSA) is 92.1 Å². The van der Waals surface area contributed by atoms with Gasteiger partial charge in [0.1, 0.15) is 11.5 Å². The number of oxazole rings is 1. The minimum atomic E-state index is -0.514. The number of aryl methyl sites for hydroxylation is 1. The third-order valence-corrected chi connectivity index (χ3v) is 5.23. The van der Waals surface area contributed by atoms with E-state index >= 15 is 0 Å². The van der Waals surface area contributed by atoms with Crippen molar-refractivity contribution in [3.63, 3.8) is 0 Å². The quantitative estimate of drug-likeness (QED) is 0.709. The van der Waals surface area contributed by atoms with Gasteiger partial charge in [0.05, 0.1) is 12.1 Å². The summed E-state index contributed by atoms with van der Waals surface area (Å²) in [5.74, 6) is 1.17. The average molecular weight is 413 g/mol. The van der Waals surface area contributed by atoms with Crippen LogP contribution < -0.4 is 5.69 Å². The Morgan fingerprint density at radius 1 is 1.38 bits per heavy atom. The Balaban J connectivity index is 1.46. The van der Waals surface area contributed by atoms with Crippen molar-refractivity contribution in [2.45, 2.75) is 32.1 Å². The van der Waals surface area contributed by atoms with Crippen LogP contribution in [0.4, 0.5) is 0 Å². The van der Waals surface area contributed by atoms with Crippen molar-refractivity contribution < 1.29 is 9.21 Å². The first-order chi connectivity index (χ1) is 14.0. The van der Waals surface area contributed by atoms with Crippen LogP contribution in [0.3, 0.4) is 0 Å². The van der Waals surface area contributed by atoms with E-state index in [1.165, 1.54) is 0 Å². The number of aromatic nitrogens is 3. The van der Waals surface area contributed by atoms with E-state index in [1.807, 2.05) is 24.3 Å². The predicted octanol–water partition coefficient (Wildman–Crippen LogP) is 3.33. The Morgan fingerprint density at radius 2 is 2.24 bits per heavy atom. The van der Waals surface area contributed by atoms with Gasteiger partial charge in [-0.1, -0.05) is 23.7 Å². The van der Waals surface area contributed by atoms with E-state index in [0.29, 0.717) is 36.1 Å². The molecule has 1 atom stereocenters. The Labute approximate surface area is 172 Å². The predicted molar refractivity (Wildman–Crippen MR) is 108 cm³/mol. The summed E-state index contributed by atoms with van der Waals surface area (Å²) in [6.45, 7) is 2.84. The van der Waals surface area contributed by atoms with Gasteiger partial charge in [-0.05, 0) is 43.5 Å². The molecule has 3 heterocycles. The molecule has 1 aliphatic heterocycles. The zero-order chi connectivity index (χ0) is 20.4. The van der Waals surface area contributed by atoms with Crippen LogP contribution in [0, 0.1) is 6.92 Å². The summed E-state index contributed by atoms with van der Waals surface area (Å²) < 4.78 is 5.98. The maximum Gasteiger partial charge on any atom is 0.345 e. The molecule has 1 aliphatic rings. The molecule has 0 saturated carbocycles. The van der Waals surface area contributed by atoms with Gasteiger partial charge < -0.3 is 14.3 Å². The second-order valence-electron chi connectivity index (χ2n) is 7.32. The second-order valence-corrected chi connectivity index (χ2v) is 7.75. The van der Waals surface area contributed by atoms with E-state index < -0.39 is 5.69 Å². The van der Waals surface area contributed by atoms with Crippen molar-refractivity contribution in [1.29, 1.82) is 0 Å². The Kier molecular flexibility index (Phi) is 5.49. The molecular weight excluding hydrogens is 392 g/mol. The van der Waals surface area contributed by atoms with Crippen molar-refractivity contribution in [2.24, 2.45) is 0 Å². The van der Waals surface area contributed by atoms with Crippen LogP contribution in [0.2, 0.25) is 5.02 Å². The second kappa shape index (κ2) is 8.21. The van der Waals surface area contributed by atoms with Gasteiger partial charge >= 0.3 is 5.69 Å². The number of hydrogen-bond donors (Lipinski definition) is 1. The molecule has 0 radical (unpaired) electrons. The minimum absolute atomic E-state index is 0.0175. The molecule has 29 heavy (non-hydrogen) atoms. The van der Waals surface area contributed by atoms with E-state index in [9.17, 15) is 9.59 Å². The van der Waals surface area contributed by atoms with E-state index in [2.05, 4.69) is 15.0 Å². The number of rotatable bonds is 4. The Morgan fingerprint density at radius 3 is 3.03 bits per heavy atom. The first kappa shape index (κ1) is 19.4. The number of nitrogens with one attached hydrogen (secondary N) is 1. The van der Waals surface area contributed by atoms with Crippen LogP contribution in [0.25, 0.3) is 0 Å². The monoisotopic (exact) mass is 412 g/mol. The van der Waals surface area contributed by atoms with Crippen LogP contribution in [-0.4, -0.2) is 38.8 Å². The maximum atomic E-state index is 12.8. The molecule has 3 aromatic rings. The highest BCUT2D eigenvalue weighted by Gasteiger charge is 2.29. The molecule has 1 aromatic carbocycles. The Hall–Kier alpha value is -2.93. The molecule has 1 amide bonds. The van der Waals surface area contributed by atoms with Crippen LogP contribution in [0.5, 0.6) is 0 Å². The van der Waals surface area contributed by atoms with E-state index in [4.69, 9.17) is 16.0 Å². The number of aromatic amines is 1. The van der Waals surface area contributed by atoms with Crippen molar-refractivity contribution in [1.82, 2.24) is 19.9 Å². The molecule has 150 valence electrons. The molecule has 1 fully saturated rings. The third-order valence-electron chi connectivity index (χ3n) is 5.00. The Bertz CT molecular complexity index is 1090. The van der Waals surface area contributed by atoms with Crippen molar-refractivity contribution in [2.75, 3.05) is 13.1 Å². The normalized spacial score (nSPS) is 16.8. The molecule has 0 spiro atoms. The number of nitrogens with zero attached hydrogens (tertiary/aromatic N) is 3. The molecule has 8 heteroatoms. The number of H-pyrrole nitrogens is 1. The summed E-state index contributed by atoms with van der Waals surface area (Å²) in [5, 5.41) is 0.687. The number of likely N-dealkylation sites (tertiary alicyclic amines) is 1. The number of amides is 1. The third kappa shape index (κ3) is 4.56. The van der Waals surface area contributed by atoms with Gasteiger partial charge in [0, 0.05) is 30.2 Å². The summed E-state index contributed by atoms with van der Waals surface area (Å²) in [5.41, 5.74) is 1.32. The fourth-order valence-electron chi connectivity index (χ4n) is 3.66. The average Bonchev–Trinajstić information content (AvgIpc) is 3.15. The van der Waals surface area contributed by atoms with E-state index in [-0.39, 0.29) is 17.5 Å². The summed E-state index contributed by atoms with van der Waals surface area (Å²) >= 11 is 6.04. The van der Waals surface area contributed by atoms with Gasteiger partial charge in [-0.15, -0.1) is 0 Å². The summed E-state index contributed by atoms with van der Waals surface area (Å²) in [7, 11) is 0. The van der Waals surface area contributed by atoms with E-state index in [1.54, 1.807) is 24.1 Å². The number of benzene rings is 1. The fraction of sp³-hybridized carbons (Fsp3) is 0.333. The standard InChI is InChI=1S/C21H21ClN4O3/c1-13-8-18(25-21(28)24-13)20(27)26-7-3-5-15(12-26)19-23-11-17(29-19)10-14-4-2-6-16(22)9-14/h2,4,6,8-9,11,15H,3,5,7,10,12H2,1H3,(H,24,25,28)/t15-/m0/s1. The summed E-state index contributed by atoms with van der Waals surface area (Å²) in [4.78, 5) is 36.9. The molecule has 0 bridgehead atoms. The van der Waals surface area contributed by atoms with Crippen molar-refractivity contribution in [3.05, 3.63) is 80.6 Å². The maximum absolute atomic E-state index is 12.8. The zero-order valence-corrected chi connectivity index (χ0v) is 16.8. The van der Waals surface area contributed by atoms with Crippen molar-refractivity contribution in [3.8, 4) is 0 Å². The number of halogens is 1.